The van der Waals surface area contributed by atoms with E-state index in [0.717, 1.165) is 38.9 Å². The van der Waals surface area contributed by atoms with Crippen LogP contribution in [-0.2, 0) is 25.5 Å². The van der Waals surface area contributed by atoms with Crippen molar-refractivity contribution in [3.05, 3.63) is 107 Å². The number of benzene rings is 3. The first-order chi connectivity index (χ1) is 19.4. The first kappa shape index (κ1) is 29.3. The molecule has 4 rings (SSSR count). The van der Waals surface area contributed by atoms with E-state index in [-0.39, 0.29) is 5.57 Å². The van der Waals surface area contributed by atoms with Crippen LogP contribution in [0.2, 0.25) is 0 Å². The van der Waals surface area contributed by atoms with Crippen molar-refractivity contribution in [3.63, 3.8) is 0 Å². The van der Waals surface area contributed by atoms with Crippen molar-refractivity contribution in [3.8, 4) is 33.8 Å². The molecule has 1 aliphatic carbocycles. The van der Waals surface area contributed by atoms with Gasteiger partial charge in [0.2, 0.25) is 0 Å². The molecule has 0 amide bonds. The predicted octanol–water partition coefficient (Wildman–Crippen LogP) is 7.71. The molecule has 0 saturated carbocycles. The van der Waals surface area contributed by atoms with E-state index in [1.165, 1.54) is 0 Å². The molecule has 0 aromatic heterocycles. The highest BCUT2D eigenvalue weighted by molar-refractivity contribution is 5.90. The zero-order valence-electron chi connectivity index (χ0n) is 24.2. The largest absolute Gasteiger partial charge is 0.454 e. The second-order valence-corrected chi connectivity index (χ2v) is 10.6. The molecule has 0 fully saturated rings. The van der Waals surface area contributed by atoms with E-state index in [1.54, 1.807) is 39.0 Å². The van der Waals surface area contributed by atoms with Crippen LogP contribution >= 0.6 is 0 Å². The van der Waals surface area contributed by atoms with E-state index in [2.05, 4.69) is 38.8 Å². The Hall–Kier alpha value is -4.71. The standard InChI is InChI=1S/C35H34O6/c1-19(2)33(36)39-25-11-9-24(10-12-25)28-17-23(8)29(18-22(28)7)26-13-15-30(40-34(37)20(3)4)32-27(26)14-16-31(32)41-35(38)21(5)6/h9-13,15,17-18,31H,1,3,5,14,16H2,2,4,6-8H3. The minimum atomic E-state index is -0.555. The van der Waals surface area contributed by atoms with Gasteiger partial charge in [-0.2, -0.15) is 0 Å². The van der Waals surface area contributed by atoms with Crippen molar-refractivity contribution in [1.29, 1.82) is 0 Å². The van der Waals surface area contributed by atoms with E-state index in [1.807, 2.05) is 25.1 Å². The van der Waals surface area contributed by atoms with Crippen LogP contribution in [0.25, 0.3) is 22.3 Å². The lowest BCUT2D eigenvalue weighted by molar-refractivity contribution is -0.144. The second-order valence-electron chi connectivity index (χ2n) is 10.6. The van der Waals surface area contributed by atoms with Gasteiger partial charge in [-0.15, -0.1) is 0 Å². The van der Waals surface area contributed by atoms with Crippen LogP contribution in [0.1, 0.15) is 55.5 Å². The molecule has 0 aliphatic heterocycles. The number of carbonyl (C=O) groups excluding carboxylic acids is 3. The SMILES string of the molecule is C=C(C)C(=O)Oc1ccc(-c2cc(C)c(-c3ccc(OC(=O)C(=C)C)c4c3CCC4OC(=O)C(=C)C)cc2C)cc1. The van der Waals surface area contributed by atoms with Gasteiger partial charge in [0.1, 0.15) is 17.6 Å². The number of carbonyl (C=O) groups is 3. The summed E-state index contributed by atoms with van der Waals surface area (Å²) in [6.07, 6.45) is 0.670. The quantitative estimate of drug-likeness (QED) is 0.162. The molecular weight excluding hydrogens is 516 g/mol. The maximum atomic E-state index is 12.4. The molecule has 0 heterocycles. The number of hydrogen-bond donors (Lipinski definition) is 0. The average Bonchev–Trinajstić information content (AvgIpc) is 3.34. The van der Waals surface area contributed by atoms with Gasteiger partial charge in [-0.25, -0.2) is 14.4 Å². The third-order valence-electron chi connectivity index (χ3n) is 7.03. The highest BCUT2D eigenvalue weighted by atomic mass is 16.6. The highest BCUT2D eigenvalue weighted by Gasteiger charge is 2.33. The number of hydrogen-bond acceptors (Lipinski definition) is 6. The van der Waals surface area contributed by atoms with Crippen LogP contribution in [0.4, 0.5) is 0 Å². The number of esters is 3. The summed E-state index contributed by atoms with van der Waals surface area (Å²) in [7, 11) is 0. The predicted molar refractivity (Wildman–Crippen MR) is 160 cm³/mol. The molecule has 41 heavy (non-hydrogen) atoms. The zero-order chi connectivity index (χ0) is 30.0. The summed E-state index contributed by atoms with van der Waals surface area (Å²) in [5.41, 5.74) is 8.81. The fraction of sp³-hybridized carbons (Fsp3) is 0.229. The minimum absolute atomic E-state index is 0.278. The van der Waals surface area contributed by atoms with E-state index in [0.29, 0.717) is 41.1 Å². The van der Waals surface area contributed by atoms with Gasteiger partial charge in [-0.05, 0) is 105 Å². The first-order valence-electron chi connectivity index (χ1n) is 13.4. The number of aryl methyl sites for hydroxylation is 2. The Morgan fingerprint density at radius 2 is 1.27 bits per heavy atom. The minimum Gasteiger partial charge on any atom is -0.454 e. The van der Waals surface area contributed by atoms with Crippen LogP contribution < -0.4 is 9.47 Å². The zero-order valence-corrected chi connectivity index (χ0v) is 24.2. The fourth-order valence-corrected chi connectivity index (χ4v) is 4.88. The topological polar surface area (TPSA) is 78.9 Å². The van der Waals surface area contributed by atoms with E-state index >= 15 is 0 Å². The Balaban J connectivity index is 1.74. The smallest absolute Gasteiger partial charge is 0.338 e. The summed E-state index contributed by atoms with van der Waals surface area (Å²) in [5.74, 6) is -0.653. The summed E-state index contributed by atoms with van der Waals surface area (Å²) in [4.78, 5) is 36.7. The maximum Gasteiger partial charge on any atom is 0.338 e. The van der Waals surface area contributed by atoms with E-state index in [4.69, 9.17) is 14.2 Å². The maximum absolute atomic E-state index is 12.4. The Bertz CT molecular complexity index is 1610. The molecule has 0 spiro atoms. The molecule has 6 heteroatoms. The molecule has 0 saturated heterocycles. The highest BCUT2D eigenvalue weighted by Crippen LogP contribution is 2.46. The Labute approximate surface area is 241 Å². The molecule has 0 bridgehead atoms. The van der Waals surface area contributed by atoms with Gasteiger partial charge in [0.15, 0.2) is 0 Å². The van der Waals surface area contributed by atoms with Crippen molar-refractivity contribution in [2.45, 2.75) is 53.6 Å². The molecule has 6 nitrogen and oxygen atoms in total. The van der Waals surface area contributed by atoms with Crippen molar-refractivity contribution >= 4 is 17.9 Å². The number of ether oxygens (including phenoxy) is 3. The van der Waals surface area contributed by atoms with Crippen molar-refractivity contribution < 1.29 is 28.6 Å². The van der Waals surface area contributed by atoms with Gasteiger partial charge in [-0.1, -0.05) is 50.1 Å². The summed E-state index contributed by atoms with van der Waals surface area (Å²) in [5, 5.41) is 0. The first-order valence-corrected chi connectivity index (χ1v) is 13.4. The molecule has 3 aromatic rings. The monoisotopic (exact) mass is 550 g/mol. The van der Waals surface area contributed by atoms with Crippen molar-refractivity contribution in [2.24, 2.45) is 0 Å². The molecule has 3 aromatic carbocycles. The average molecular weight is 551 g/mol. The van der Waals surface area contributed by atoms with Crippen LogP contribution in [0, 0.1) is 13.8 Å². The third kappa shape index (κ3) is 6.22. The van der Waals surface area contributed by atoms with Crippen LogP contribution in [0.3, 0.4) is 0 Å². The van der Waals surface area contributed by atoms with E-state index in [9.17, 15) is 14.4 Å². The molecule has 0 radical (unpaired) electrons. The van der Waals surface area contributed by atoms with Crippen LogP contribution in [0.5, 0.6) is 11.5 Å². The summed E-state index contributed by atoms with van der Waals surface area (Å²) in [6, 6.07) is 15.4. The Morgan fingerprint density at radius 1 is 0.707 bits per heavy atom. The summed E-state index contributed by atoms with van der Waals surface area (Å²) < 4.78 is 16.8. The summed E-state index contributed by atoms with van der Waals surface area (Å²) >= 11 is 0. The van der Waals surface area contributed by atoms with E-state index < -0.39 is 24.0 Å². The number of rotatable bonds is 8. The number of fused-ring (bicyclic) bond motifs is 1. The van der Waals surface area contributed by atoms with Gasteiger partial charge in [0.25, 0.3) is 0 Å². The van der Waals surface area contributed by atoms with Crippen molar-refractivity contribution in [1.82, 2.24) is 0 Å². The Morgan fingerprint density at radius 3 is 1.88 bits per heavy atom. The van der Waals surface area contributed by atoms with Crippen molar-refractivity contribution in [2.75, 3.05) is 0 Å². The Kier molecular flexibility index (Phi) is 8.43. The molecule has 1 atom stereocenters. The third-order valence-corrected chi connectivity index (χ3v) is 7.03. The molecule has 210 valence electrons. The second kappa shape index (κ2) is 11.8. The normalized spacial score (nSPS) is 13.6. The van der Waals surface area contributed by atoms with Gasteiger partial charge >= 0.3 is 17.9 Å². The fourth-order valence-electron chi connectivity index (χ4n) is 4.88. The van der Waals surface area contributed by atoms with Gasteiger partial charge in [0, 0.05) is 22.3 Å². The lowest BCUT2D eigenvalue weighted by atomic mass is 9.89. The molecule has 0 N–H and O–H groups in total. The molecule has 1 aliphatic rings. The lowest BCUT2D eigenvalue weighted by Gasteiger charge is -2.20. The van der Waals surface area contributed by atoms with Crippen LogP contribution in [-0.4, -0.2) is 17.9 Å². The van der Waals surface area contributed by atoms with Gasteiger partial charge < -0.3 is 14.2 Å². The van der Waals surface area contributed by atoms with Crippen LogP contribution in [0.15, 0.2) is 85.0 Å². The molecular formula is C35H34O6. The van der Waals surface area contributed by atoms with Gasteiger partial charge in [0.05, 0.1) is 0 Å². The molecule has 1 unspecified atom stereocenters. The van der Waals surface area contributed by atoms with Gasteiger partial charge in [-0.3, -0.25) is 0 Å². The summed E-state index contributed by atoms with van der Waals surface area (Å²) in [6.45, 7) is 19.9. The lowest BCUT2D eigenvalue weighted by Crippen LogP contribution is -2.14.